The van der Waals surface area contributed by atoms with E-state index in [1.54, 1.807) is 6.92 Å². The Balaban J connectivity index is 2.29. The zero-order valence-electron chi connectivity index (χ0n) is 12.7. The summed E-state index contributed by atoms with van der Waals surface area (Å²) >= 11 is 0. The number of aliphatic hydroxyl groups is 1. The molecule has 1 unspecified atom stereocenters. The molecular formula is C16H22N4O. The lowest BCUT2D eigenvalue weighted by atomic mass is 10.2. The molecule has 2 N–H and O–H groups in total. The number of hydrogen-bond acceptors (Lipinski definition) is 5. The Morgan fingerprint density at radius 1 is 1.24 bits per heavy atom. The third kappa shape index (κ3) is 4.16. The molecule has 2 aromatic rings. The van der Waals surface area contributed by atoms with E-state index in [9.17, 15) is 5.11 Å². The Labute approximate surface area is 125 Å². The SMILES string of the molecule is CNc1cc(N(C)CCC(C)O)nc(-c2ccccc2)n1. The van der Waals surface area contributed by atoms with Crippen molar-refractivity contribution in [3.05, 3.63) is 36.4 Å². The van der Waals surface area contributed by atoms with Crippen molar-refractivity contribution in [3.63, 3.8) is 0 Å². The van der Waals surface area contributed by atoms with Gasteiger partial charge in [0, 0.05) is 32.3 Å². The topological polar surface area (TPSA) is 61.3 Å². The van der Waals surface area contributed by atoms with Crippen LogP contribution in [0.3, 0.4) is 0 Å². The maximum atomic E-state index is 9.41. The first-order valence-electron chi connectivity index (χ1n) is 7.11. The minimum Gasteiger partial charge on any atom is -0.393 e. The summed E-state index contributed by atoms with van der Waals surface area (Å²) in [6.45, 7) is 2.54. The minimum absolute atomic E-state index is 0.313. The predicted molar refractivity (Wildman–Crippen MR) is 86.6 cm³/mol. The number of benzene rings is 1. The van der Waals surface area contributed by atoms with Crippen LogP contribution in [-0.2, 0) is 0 Å². The lowest BCUT2D eigenvalue weighted by Gasteiger charge is -2.20. The van der Waals surface area contributed by atoms with Gasteiger partial charge in [0.05, 0.1) is 6.10 Å². The molecule has 0 radical (unpaired) electrons. The molecule has 0 fully saturated rings. The summed E-state index contributed by atoms with van der Waals surface area (Å²) in [5.74, 6) is 2.32. The summed E-state index contributed by atoms with van der Waals surface area (Å²) in [5.41, 5.74) is 0.986. The van der Waals surface area contributed by atoms with E-state index in [-0.39, 0.29) is 6.10 Å². The fourth-order valence-electron chi connectivity index (χ4n) is 1.97. The van der Waals surface area contributed by atoms with Crippen molar-refractivity contribution >= 4 is 11.6 Å². The van der Waals surface area contributed by atoms with Crippen LogP contribution in [0, 0.1) is 0 Å². The van der Waals surface area contributed by atoms with E-state index in [0.717, 1.165) is 23.7 Å². The van der Waals surface area contributed by atoms with E-state index >= 15 is 0 Å². The van der Waals surface area contributed by atoms with E-state index in [1.165, 1.54) is 0 Å². The lowest BCUT2D eigenvalue weighted by Crippen LogP contribution is -2.23. The Kier molecular flexibility index (Phi) is 5.11. The Morgan fingerprint density at radius 3 is 2.57 bits per heavy atom. The van der Waals surface area contributed by atoms with Gasteiger partial charge in [0.1, 0.15) is 11.6 Å². The number of anilines is 2. The molecule has 0 aliphatic heterocycles. The molecule has 0 saturated carbocycles. The van der Waals surface area contributed by atoms with Crippen LogP contribution in [0.15, 0.2) is 36.4 Å². The van der Waals surface area contributed by atoms with Gasteiger partial charge in [-0.1, -0.05) is 30.3 Å². The molecule has 2 rings (SSSR count). The standard InChI is InChI=1S/C16H22N4O/c1-12(21)9-10-20(3)15-11-14(17-2)18-16(19-15)13-7-5-4-6-8-13/h4-8,11-12,21H,9-10H2,1-3H3,(H,17,18,19). The molecule has 0 aliphatic carbocycles. The van der Waals surface area contributed by atoms with Crippen LogP contribution in [0.25, 0.3) is 11.4 Å². The highest BCUT2D eigenvalue weighted by atomic mass is 16.3. The van der Waals surface area contributed by atoms with E-state index in [1.807, 2.05) is 55.4 Å². The van der Waals surface area contributed by atoms with Gasteiger partial charge in [-0.25, -0.2) is 9.97 Å². The van der Waals surface area contributed by atoms with Gasteiger partial charge in [-0.15, -0.1) is 0 Å². The van der Waals surface area contributed by atoms with Crippen LogP contribution in [0.2, 0.25) is 0 Å². The molecule has 0 saturated heterocycles. The van der Waals surface area contributed by atoms with Gasteiger partial charge in [-0.2, -0.15) is 0 Å². The average Bonchev–Trinajstić information content (AvgIpc) is 2.52. The van der Waals surface area contributed by atoms with E-state index in [4.69, 9.17) is 0 Å². The zero-order valence-corrected chi connectivity index (χ0v) is 12.7. The van der Waals surface area contributed by atoms with Gasteiger partial charge < -0.3 is 15.3 Å². The molecule has 112 valence electrons. The second-order valence-corrected chi connectivity index (χ2v) is 5.11. The molecule has 1 aromatic carbocycles. The van der Waals surface area contributed by atoms with Gasteiger partial charge in [0.2, 0.25) is 0 Å². The van der Waals surface area contributed by atoms with Crippen molar-refractivity contribution in [2.75, 3.05) is 30.9 Å². The summed E-state index contributed by atoms with van der Waals surface area (Å²) in [6.07, 6.45) is 0.391. The monoisotopic (exact) mass is 286 g/mol. The fourth-order valence-corrected chi connectivity index (χ4v) is 1.97. The van der Waals surface area contributed by atoms with Crippen LogP contribution < -0.4 is 10.2 Å². The Morgan fingerprint density at radius 2 is 1.95 bits per heavy atom. The maximum Gasteiger partial charge on any atom is 0.163 e. The number of hydrogen-bond donors (Lipinski definition) is 2. The number of rotatable bonds is 6. The molecule has 0 bridgehead atoms. The van der Waals surface area contributed by atoms with Crippen molar-refractivity contribution in [2.24, 2.45) is 0 Å². The van der Waals surface area contributed by atoms with Crippen LogP contribution in [0.1, 0.15) is 13.3 Å². The zero-order chi connectivity index (χ0) is 15.2. The van der Waals surface area contributed by atoms with Crippen LogP contribution in [0.5, 0.6) is 0 Å². The summed E-state index contributed by atoms with van der Waals surface area (Å²) < 4.78 is 0. The maximum absolute atomic E-state index is 9.41. The van der Waals surface area contributed by atoms with Crippen molar-refractivity contribution < 1.29 is 5.11 Å². The fraction of sp³-hybridized carbons (Fsp3) is 0.375. The molecule has 21 heavy (non-hydrogen) atoms. The van der Waals surface area contributed by atoms with Crippen molar-refractivity contribution in [1.82, 2.24) is 9.97 Å². The molecule has 0 spiro atoms. The summed E-state index contributed by atoms with van der Waals surface area (Å²) in [5, 5.41) is 12.5. The summed E-state index contributed by atoms with van der Waals surface area (Å²) in [4.78, 5) is 11.2. The lowest BCUT2D eigenvalue weighted by molar-refractivity contribution is 0.187. The Bertz CT molecular complexity index is 572. The molecular weight excluding hydrogens is 264 g/mol. The van der Waals surface area contributed by atoms with Crippen molar-refractivity contribution in [1.29, 1.82) is 0 Å². The first-order chi connectivity index (χ1) is 10.1. The number of nitrogens with one attached hydrogen (secondary N) is 1. The highest BCUT2D eigenvalue weighted by molar-refractivity contribution is 5.61. The highest BCUT2D eigenvalue weighted by Gasteiger charge is 2.10. The van der Waals surface area contributed by atoms with Gasteiger partial charge in [0.25, 0.3) is 0 Å². The van der Waals surface area contributed by atoms with Gasteiger partial charge in [-0.3, -0.25) is 0 Å². The third-order valence-corrected chi connectivity index (χ3v) is 3.27. The summed E-state index contributed by atoms with van der Waals surface area (Å²) in [6, 6.07) is 11.8. The normalized spacial score (nSPS) is 12.0. The number of aliphatic hydroxyl groups excluding tert-OH is 1. The van der Waals surface area contributed by atoms with Gasteiger partial charge >= 0.3 is 0 Å². The second kappa shape index (κ2) is 7.04. The first kappa shape index (κ1) is 15.3. The third-order valence-electron chi connectivity index (χ3n) is 3.27. The average molecular weight is 286 g/mol. The smallest absolute Gasteiger partial charge is 0.163 e. The predicted octanol–water partition coefficient (Wildman–Crippen LogP) is 2.39. The van der Waals surface area contributed by atoms with Gasteiger partial charge in [0.15, 0.2) is 5.82 Å². The first-order valence-corrected chi connectivity index (χ1v) is 7.11. The molecule has 5 heteroatoms. The highest BCUT2D eigenvalue weighted by Crippen LogP contribution is 2.21. The number of nitrogens with zero attached hydrogens (tertiary/aromatic N) is 3. The molecule has 1 heterocycles. The van der Waals surface area contributed by atoms with E-state index in [0.29, 0.717) is 12.2 Å². The van der Waals surface area contributed by atoms with E-state index in [2.05, 4.69) is 15.3 Å². The van der Waals surface area contributed by atoms with Crippen LogP contribution >= 0.6 is 0 Å². The summed E-state index contributed by atoms with van der Waals surface area (Å²) in [7, 11) is 3.82. The van der Waals surface area contributed by atoms with Crippen molar-refractivity contribution in [3.8, 4) is 11.4 Å². The molecule has 0 aliphatic rings. The number of aromatic nitrogens is 2. The largest absolute Gasteiger partial charge is 0.393 e. The molecule has 1 aromatic heterocycles. The Hall–Kier alpha value is -2.14. The van der Waals surface area contributed by atoms with E-state index < -0.39 is 0 Å². The quantitative estimate of drug-likeness (QED) is 0.854. The molecule has 5 nitrogen and oxygen atoms in total. The second-order valence-electron chi connectivity index (χ2n) is 5.11. The van der Waals surface area contributed by atoms with Crippen molar-refractivity contribution in [2.45, 2.75) is 19.4 Å². The van der Waals surface area contributed by atoms with Crippen LogP contribution in [0.4, 0.5) is 11.6 Å². The minimum atomic E-state index is -0.313. The molecule has 0 amide bonds. The van der Waals surface area contributed by atoms with Gasteiger partial charge in [-0.05, 0) is 13.3 Å². The van der Waals surface area contributed by atoms with Crippen LogP contribution in [-0.4, -0.2) is 41.8 Å². The molecule has 1 atom stereocenters.